The third-order valence-electron chi connectivity index (χ3n) is 4.50. The molecule has 144 valence electrons. The lowest BCUT2D eigenvalue weighted by Crippen LogP contribution is -2.27. The third-order valence-corrected chi connectivity index (χ3v) is 4.50. The highest BCUT2D eigenvalue weighted by molar-refractivity contribution is 5.61. The quantitative estimate of drug-likeness (QED) is 0.631. The molecule has 0 N–H and O–H groups in total. The van der Waals surface area contributed by atoms with Gasteiger partial charge in [0.1, 0.15) is 23.3 Å². The van der Waals surface area contributed by atoms with Crippen molar-refractivity contribution >= 4 is 5.95 Å². The lowest BCUT2D eigenvalue weighted by atomic mass is 10.2. The second-order valence-corrected chi connectivity index (χ2v) is 6.19. The van der Waals surface area contributed by atoms with Crippen molar-refractivity contribution in [1.82, 2.24) is 14.8 Å². The van der Waals surface area contributed by atoms with E-state index in [0.29, 0.717) is 30.5 Å². The van der Waals surface area contributed by atoms with Gasteiger partial charge in [-0.15, -0.1) is 23.4 Å². The molecular formula is C20H26N4O3. The molecule has 1 atom stereocenters. The van der Waals surface area contributed by atoms with Crippen molar-refractivity contribution in [3.05, 3.63) is 49.3 Å². The Labute approximate surface area is 159 Å². The average molecular weight is 370 g/mol. The van der Waals surface area contributed by atoms with Gasteiger partial charge in [0.05, 0.1) is 14.2 Å². The zero-order chi connectivity index (χ0) is 19.2. The number of methoxy groups -OCH3 is 2. The van der Waals surface area contributed by atoms with Crippen LogP contribution in [0.15, 0.2) is 43.5 Å². The van der Waals surface area contributed by atoms with Crippen molar-refractivity contribution in [1.29, 1.82) is 0 Å². The molecule has 0 radical (unpaired) electrons. The van der Waals surface area contributed by atoms with E-state index in [2.05, 4.69) is 23.4 Å². The van der Waals surface area contributed by atoms with Crippen LogP contribution in [0.3, 0.4) is 0 Å². The predicted octanol–water partition coefficient (Wildman–Crippen LogP) is 3.31. The van der Waals surface area contributed by atoms with Crippen LogP contribution in [-0.4, -0.2) is 48.7 Å². The van der Waals surface area contributed by atoms with E-state index >= 15 is 0 Å². The number of aromatic nitrogens is 3. The Bertz CT molecular complexity index is 764. The number of ether oxygens (including phenoxy) is 3. The van der Waals surface area contributed by atoms with Gasteiger partial charge in [-0.3, -0.25) is 4.57 Å². The fourth-order valence-corrected chi connectivity index (χ4v) is 3.30. The Morgan fingerprint density at radius 3 is 2.37 bits per heavy atom. The lowest BCUT2D eigenvalue weighted by molar-refractivity contribution is 0.103. The number of anilines is 1. The molecule has 1 aromatic heterocycles. The number of hydrogen-bond donors (Lipinski definition) is 0. The molecule has 0 amide bonds. The number of rotatable bonds is 9. The number of hydrogen-bond acceptors (Lipinski definition) is 6. The van der Waals surface area contributed by atoms with Gasteiger partial charge >= 0.3 is 0 Å². The Balaban J connectivity index is 2.24. The minimum absolute atomic E-state index is 0.116. The number of benzene rings is 1. The van der Waals surface area contributed by atoms with E-state index < -0.39 is 0 Å². The first-order valence-corrected chi connectivity index (χ1v) is 9.00. The Kier molecular flexibility index (Phi) is 6.13. The zero-order valence-corrected chi connectivity index (χ0v) is 15.9. The van der Waals surface area contributed by atoms with Gasteiger partial charge in [-0.2, -0.15) is 0 Å². The molecule has 0 bridgehead atoms. The first-order valence-electron chi connectivity index (χ1n) is 9.00. The van der Waals surface area contributed by atoms with E-state index in [-0.39, 0.29) is 6.10 Å². The summed E-state index contributed by atoms with van der Waals surface area (Å²) in [5.41, 5.74) is 0.756. The minimum Gasteiger partial charge on any atom is -0.494 e. The summed E-state index contributed by atoms with van der Waals surface area (Å²) in [5, 5.41) is 8.96. The van der Waals surface area contributed by atoms with Crippen LogP contribution in [0.2, 0.25) is 0 Å². The van der Waals surface area contributed by atoms with Crippen LogP contribution in [0, 0.1) is 0 Å². The van der Waals surface area contributed by atoms with Crippen LogP contribution in [0.1, 0.15) is 24.8 Å². The first kappa shape index (κ1) is 19.0. The SMILES string of the molecule is C=CCN(CC=C)c1nnc([C@H]2CCCO2)n1-c1c(OC)cccc1OC. The molecule has 1 fully saturated rings. The van der Waals surface area contributed by atoms with Gasteiger partial charge in [0, 0.05) is 19.7 Å². The van der Waals surface area contributed by atoms with E-state index in [1.165, 1.54) is 0 Å². The van der Waals surface area contributed by atoms with Crippen molar-refractivity contribution in [2.75, 3.05) is 38.8 Å². The van der Waals surface area contributed by atoms with E-state index in [4.69, 9.17) is 14.2 Å². The van der Waals surface area contributed by atoms with Gasteiger partial charge < -0.3 is 19.1 Å². The molecule has 3 rings (SSSR count). The fraction of sp³-hybridized carbons (Fsp3) is 0.400. The first-order chi connectivity index (χ1) is 13.2. The van der Waals surface area contributed by atoms with Gasteiger partial charge in [-0.05, 0) is 25.0 Å². The summed E-state index contributed by atoms with van der Waals surface area (Å²) in [5.74, 6) is 2.75. The summed E-state index contributed by atoms with van der Waals surface area (Å²) in [6.45, 7) is 9.64. The minimum atomic E-state index is -0.116. The largest absolute Gasteiger partial charge is 0.494 e. The maximum absolute atomic E-state index is 5.90. The van der Waals surface area contributed by atoms with Crippen molar-refractivity contribution in [3.8, 4) is 17.2 Å². The molecule has 1 aliphatic rings. The molecule has 7 nitrogen and oxygen atoms in total. The molecule has 7 heteroatoms. The Morgan fingerprint density at radius 1 is 1.19 bits per heavy atom. The average Bonchev–Trinajstić information content (AvgIpc) is 3.36. The Hall–Kier alpha value is -2.80. The fourth-order valence-electron chi connectivity index (χ4n) is 3.30. The predicted molar refractivity (Wildman–Crippen MR) is 105 cm³/mol. The molecular weight excluding hydrogens is 344 g/mol. The van der Waals surface area contributed by atoms with Crippen molar-refractivity contribution in [2.24, 2.45) is 0 Å². The molecule has 0 unspecified atom stereocenters. The maximum Gasteiger partial charge on any atom is 0.232 e. The van der Waals surface area contributed by atoms with Crippen LogP contribution < -0.4 is 14.4 Å². The molecule has 0 saturated carbocycles. The normalized spacial score (nSPS) is 16.1. The monoisotopic (exact) mass is 370 g/mol. The molecule has 1 aromatic carbocycles. The second kappa shape index (κ2) is 8.73. The van der Waals surface area contributed by atoms with Gasteiger partial charge in [0.25, 0.3) is 0 Å². The van der Waals surface area contributed by atoms with Crippen molar-refractivity contribution < 1.29 is 14.2 Å². The van der Waals surface area contributed by atoms with Gasteiger partial charge in [0.15, 0.2) is 5.82 Å². The second-order valence-electron chi connectivity index (χ2n) is 6.19. The van der Waals surface area contributed by atoms with Crippen LogP contribution in [-0.2, 0) is 4.74 Å². The zero-order valence-electron chi connectivity index (χ0n) is 15.9. The molecule has 2 aromatic rings. The highest BCUT2D eigenvalue weighted by Gasteiger charge is 2.30. The smallest absolute Gasteiger partial charge is 0.232 e. The van der Waals surface area contributed by atoms with Crippen LogP contribution in [0.4, 0.5) is 5.95 Å². The van der Waals surface area contributed by atoms with Crippen LogP contribution in [0.5, 0.6) is 11.5 Å². The lowest BCUT2D eigenvalue weighted by Gasteiger charge is -2.24. The maximum atomic E-state index is 5.90. The van der Waals surface area contributed by atoms with Crippen molar-refractivity contribution in [3.63, 3.8) is 0 Å². The van der Waals surface area contributed by atoms with Gasteiger partial charge in [0.2, 0.25) is 5.95 Å². The number of para-hydroxylation sites is 1. The summed E-state index contributed by atoms with van der Waals surface area (Å²) in [4.78, 5) is 2.04. The molecule has 0 aliphatic carbocycles. The van der Waals surface area contributed by atoms with Gasteiger partial charge in [-0.1, -0.05) is 18.2 Å². The summed E-state index contributed by atoms with van der Waals surface area (Å²) in [7, 11) is 3.28. The summed E-state index contributed by atoms with van der Waals surface area (Å²) < 4.78 is 19.1. The molecule has 1 aliphatic heterocycles. The van der Waals surface area contributed by atoms with Crippen LogP contribution >= 0.6 is 0 Å². The van der Waals surface area contributed by atoms with E-state index in [1.54, 1.807) is 14.2 Å². The highest BCUT2D eigenvalue weighted by Crippen LogP contribution is 2.39. The Morgan fingerprint density at radius 2 is 1.85 bits per heavy atom. The van der Waals surface area contributed by atoms with E-state index in [0.717, 1.165) is 31.0 Å². The van der Waals surface area contributed by atoms with E-state index in [9.17, 15) is 0 Å². The standard InChI is InChI=1S/C20H26N4O3/c1-5-12-23(13-6-2)20-22-21-19(17-11-8-14-27-17)24(20)18-15(25-3)9-7-10-16(18)26-4/h5-7,9-10,17H,1-2,8,11-14H2,3-4H3/t17-/m1/s1. The summed E-state index contributed by atoms with van der Waals surface area (Å²) in [6, 6.07) is 5.68. The molecule has 27 heavy (non-hydrogen) atoms. The summed E-state index contributed by atoms with van der Waals surface area (Å²) >= 11 is 0. The van der Waals surface area contributed by atoms with Crippen molar-refractivity contribution in [2.45, 2.75) is 18.9 Å². The van der Waals surface area contributed by atoms with E-state index in [1.807, 2.05) is 39.8 Å². The van der Waals surface area contributed by atoms with Gasteiger partial charge in [-0.25, -0.2) is 0 Å². The molecule has 0 spiro atoms. The molecule has 1 saturated heterocycles. The third kappa shape index (κ3) is 3.68. The molecule has 2 heterocycles. The topological polar surface area (TPSA) is 61.6 Å². The highest BCUT2D eigenvalue weighted by atomic mass is 16.5. The van der Waals surface area contributed by atoms with Crippen LogP contribution in [0.25, 0.3) is 5.69 Å². The number of nitrogens with zero attached hydrogens (tertiary/aromatic N) is 4. The summed E-state index contributed by atoms with van der Waals surface area (Å²) in [6.07, 6.45) is 5.44.